The number of hydrogen-bond acceptors (Lipinski definition) is 2. The summed E-state index contributed by atoms with van der Waals surface area (Å²) in [6.45, 7) is 3.24. The minimum Gasteiger partial charge on any atom is -0.368 e. The van der Waals surface area contributed by atoms with E-state index in [0.717, 1.165) is 0 Å². The zero-order valence-corrected chi connectivity index (χ0v) is 13.3. The predicted octanol–water partition coefficient (Wildman–Crippen LogP) is 3.35. The number of benzene rings is 1. The molecule has 2 unspecified atom stereocenters. The highest BCUT2D eigenvalue weighted by molar-refractivity contribution is 5.97. The lowest BCUT2D eigenvalue weighted by atomic mass is 9.97. The van der Waals surface area contributed by atoms with Gasteiger partial charge in [0.1, 0.15) is 6.04 Å². The maximum Gasteiger partial charge on any atom is 0.416 e. The normalized spacial score (nSPS) is 14.7. The van der Waals surface area contributed by atoms with Crippen molar-refractivity contribution in [2.24, 2.45) is 11.7 Å². The van der Waals surface area contributed by atoms with Gasteiger partial charge in [0.25, 0.3) is 5.91 Å². The molecule has 0 fully saturated rings. The summed E-state index contributed by atoms with van der Waals surface area (Å²) in [5.74, 6) is -2.64. The van der Waals surface area contributed by atoms with Crippen LogP contribution in [-0.2, 0) is 17.1 Å². The number of halogens is 6. The lowest BCUT2D eigenvalue weighted by Crippen LogP contribution is -2.48. The van der Waals surface area contributed by atoms with Gasteiger partial charge in [-0.2, -0.15) is 26.3 Å². The zero-order chi connectivity index (χ0) is 19.6. The van der Waals surface area contributed by atoms with Crippen LogP contribution in [0.3, 0.4) is 0 Å². The molecule has 10 heteroatoms. The van der Waals surface area contributed by atoms with Gasteiger partial charge >= 0.3 is 12.4 Å². The van der Waals surface area contributed by atoms with Crippen molar-refractivity contribution in [1.29, 1.82) is 0 Å². The Labute approximate surface area is 139 Å². The number of amides is 2. The van der Waals surface area contributed by atoms with Gasteiger partial charge in [-0.15, -0.1) is 0 Å². The summed E-state index contributed by atoms with van der Waals surface area (Å²) in [6.07, 6.45) is -9.74. The molecule has 1 aromatic carbocycles. The smallest absolute Gasteiger partial charge is 0.368 e. The van der Waals surface area contributed by atoms with Crippen molar-refractivity contribution >= 4 is 11.8 Å². The van der Waals surface area contributed by atoms with E-state index in [1.807, 2.05) is 0 Å². The van der Waals surface area contributed by atoms with Gasteiger partial charge in [0.2, 0.25) is 5.91 Å². The number of hydrogen-bond donors (Lipinski definition) is 2. The molecule has 0 aromatic heterocycles. The third-order valence-corrected chi connectivity index (χ3v) is 3.66. The van der Waals surface area contributed by atoms with Gasteiger partial charge in [0, 0.05) is 5.56 Å². The van der Waals surface area contributed by atoms with Crippen molar-refractivity contribution < 1.29 is 35.9 Å². The SMILES string of the molecule is CCC(C)C(NC(=O)c1cc(C(F)(F)F)cc(C(F)(F)F)c1)C(N)=O. The zero-order valence-electron chi connectivity index (χ0n) is 13.3. The summed E-state index contributed by atoms with van der Waals surface area (Å²) < 4.78 is 76.8. The van der Waals surface area contributed by atoms with Crippen LogP contribution in [0.15, 0.2) is 18.2 Å². The molecule has 25 heavy (non-hydrogen) atoms. The molecular formula is C15H16F6N2O2. The standard InChI is InChI=1S/C15H16F6N2O2/c1-3-7(2)11(12(22)24)23-13(25)8-4-9(14(16,17)18)6-10(5-8)15(19,20)21/h4-7,11H,3H2,1-2H3,(H2,22,24)(H,23,25). The maximum atomic E-state index is 12.8. The Hall–Kier alpha value is -2.26. The van der Waals surface area contributed by atoms with Crippen LogP contribution in [0.2, 0.25) is 0 Å². The molecule has 0 aliphatic heterocycles. The molecule has 0 saturated heterocycles. The topological polar surface area (TPSA) is 72.2 Å². The summed E-state index contributed by atoms with van der Waals surface area (Å²) in [5, 5.41) is 2.09. The van der Waals surface area contributed by atoms with Gasteiger partial charge in [0.15, 0.2) is 0 Å². The lowest BCUT2D eigenvalue weighted by molar-refractivity contribution is -0.143. The van der Waals surface area contributed by atoms with Crippen molar-refractivity contribution in [3.63, 3.8) is 0 Å². The maximum absolute atomic E-state index is 12.8. The molecule has 4 nitrogen and oxygen atoms in total. The highest BCUT2D eigenvalue weighted by Gasteiger charge is 2.37. The Morgan fingerprint density at radius 3 is 1.80 bits per heavy atom. The minimum atomic E-state index is -5.07. The number of rotatable bonds is 5. The highest BCUT2D eigenvalue weighted by Crippen LogP contribution is 2.36. The highest BCUT2D eigenvalue weighted by atomic mass is 19.4. The second kappa shape index (κ2) is 7.32. The van der Waals surface area contributed by atoms with E-state index in [9.17, 15) is 35.9 Å². The van der Waals surface area contributed by atoms with Gasteiger partial charge < -0.3 is 11.1 Å². The van der Waals surface area contributed by atoms with Crippen molar-refractivity contribution in [2.45, 2.75) is 38.7 Å². The Balaban J connectivity index is 3.31. The Bertz CT molecular complexity index is 622. The van der Waals surface area contributed by atoms with Crippen molar-refractivity contribution in [1.82, 2.24) is 5.32 Å². The number of carbonyl (C=O) groups excluding carboxylic acids is 2. The quantitative estimate of drug-likeness (QED) is 0.781. The molecule has 2 amide bonds. The first-order valence-electron chi connectivity index (χ1n) is 7.17. The van der Waals surface area contributed by atoms with E-state index in [0.29, 0.717) is 18.6 Å². The van der Waals surface area contributed by atoms with Crippen LogP contribution in [0.1, 0.15) is 41.8 Å². The summed E-state index contributed by atoms with van der Waals surface area (Å²) in [6, 6.07) is -0.725. The molecular weight excluding hydrogens is 354 g/mol. The third kappa shape index (κ3) is 5.36. The summed E-state index contributed by atoms with van der Waals surface area (Å²) in [5.41, 5.74) is 1.02. The molecule has 1 aromatic rings. The summed E-state index contributed by atoms with van der Waals surface area (Å²) in [4.78, 5) is 23.5. The molecule has 140 valence electrons. The first-order valence-corrected chi connectivity index (χ1v) is 7.17. The van der Waals surface area contributed by atoms with Crippen LogP contribution in [0.25, 0.3) is 0 Å². The number of carbonyl (C=O) groups is 2. The van der Waals surface area contributed by atoms with Crippen LogP contribution < -0.4 is 11.1 Å². The Kier molecular flexibility index (Phi) is 6.09. The van der Waals surface area contributed by atoms with Crippen molar-refractivity contribution in [3.8, 4) is 0 Å². The number of nitrogens with two attached hydrogens (primary N) is 1. The van der Waals surface area contributed by atoms with Crippen LogP contribution >= 0.6 is 0 Å². The summed E-state index contributed by atoms with van der Waals surface area (Å²) >= 11 is 0. The van der Waals surface area contributed by atoms with Crippen LogP contribution in [0.5, 0.6) is 0 Å². The fourth-order valence-electron chi connectivity index (χ4n) is 2.04. The number of nitrogens with one attached hydrogen (secondary N) is 1. The average Bonchev–Trinajstić information content (AvgIpc) is 2.49. The molecule has 1 rings (SSSR count). The van der Waals surface area contributed by atoms with Crippen LogP contribution in [0.4, 0.5) is 26.3 Å². The van der Waals surface area contributed by atoms with Gasteiger partial charge in [-0.25, -0.2) is 0 Å². The van der Waals surface area contributed by atoms with Crippen molar-refractivity contribution in [3.05, 3.63) is 34.9 Å². The van der Waals surface area contributed by atoms with Crippen LogP contribution in [-0.4, -0.2) is 17.9 Å². The predicted molar refractivity (Wildman–Crippen MR) is 76.3 cm³/mol. The monoisotopic (exact) mass is 370 g/mol. The summed E-state index contributed by atoms with van der Waals surface area (Å²) in [7, 11) is 0. The Morgan fingerprint density at radius 2 is 1.48 bits per heavy atom. The van der Waals surface area contributed by atoms with Gasteiger partial charge in [-0.05, 0) is 24.1 Å². The molecule has 3 N–H and O–H groups in total. The molecule has 0 heterocycles. The molecule has 0 aliphatic rings. The van der Waals surface area contributed by atoms with E-state index in [1.165, 1.54) is 0 Å². The first-order chi connectivity index (χ1) is 11.3. The van der Waals surface area contributed by atoms with Crippen molar-refractivity contribution in [2.75, 3.05) is 0 Å². The van der Waals surface area contributed by atoms with Gasteiger partial charge in [-0.1, -0.05) is 20.3 Å². The lowest BCUT2D eigenvalue weighted by Gasteiger charge is -2.21. The molecule has 0 spiro atoms. The molecule has 0 aliphatic carbocycles. The van der Waals surface area contributed by atoms with E-state index < -0.39 is 52.8 Å². The molecule has 0 radical (unpaired) electrons. The fourth-order valence-corrected chi connectivity index (χ4v) is 2.04. The van der Waals surface area contributed by atoms with E-state index in [4.69, 9.17) is 5.73 Å². The average molecular weight is 370 g/mol. The Morgan fingerprint density at radius 1 is 1.04 bits per heavy atom. The van der Waals surface area contributed by atoms with Gasteiger partial charge in [-0.3, -0.25) is 9.59 Å². The molecule has 2 atom stereocenters. The largest absolute Gasteiger partial charge is 0.416 e. The second-order valence-electron chi connectivity index (χ2n) is 5.53. The molecule has 0 bridgehead atoms. The van der Waals surface area contributed by atoms with Gasteiger partial charge in [0.05, 0.1) is 11.1 Å². The first kappa shape index (κ1) is 20.8. The van der Waals surface area contributed by atoms with E-state index in [1.54, 1.807) is 13.8 Å². The van der Waals surface area contributed by atoms with E-state index >= 15 is 0 Å². The third-order valence-electron chi connectivity index (χ3n) is 3.66. The van der Waals surface area contributed by atoms with E-state index in [-0.39, 0.29) is 6.07 Å². The number of primary amides is 1. The molecule has 0 saturated carbocycles. The minimum absolute atomic E-state index is 0.0863. The number of alkyl halides is 6. The van der Waals surface area contributed by atoms with Crippen LogP contribution in [0, 0.1) is 5.92 Å². The second-order valence-corrected chi connectivity index (χ2v) is 5.53. The fraction of sp³-hybridized carbons (Fsp3) is 0.467. The van der Waals surface area contributed by atoms with E-state index in [2.05, 4.69) is 5.32 Å².